The van der Waals surface area contributed by atoms with Crippen molar-refractivity contribution in [2.45, 2.75) is 5.60 Å². The fourth-order valence-corrected chi connectivity index (χ4v) is 2.26. The van der Waals surface area contributed by atoms with E-state index in [9.17, 15) is 9.90 Å². The molecular weight excluding hydrogens is 184 g/mol. The van der Waals surface area contributed by atoms with E-state index in [2.05, 4.69) is 0 Å². The van der Waals surface area contributed by atoms with Gasteiger partial charge in [-0.1, -0.05) is 24.3 Å². The minimum absolute atomic E-state index is 0.647. The summed E-state index contributed by atoms with van der Waals surface area (Å²) in [6.07, 6.45) is 0.809. The minimum Gasteiger partial charge on any atom is -0.383 e. The fraction of sp³-hybridized carbons (Fsp3) is 0.300. The van der Waals surface area contributed by atoms with Gasteiger partial charge in [-0.15, -0.1) is 0 Å². The molecule has 0 unspecified atom stereocenters. The van der Waals surface area contributed by atoms with Gasteiger partial charge in [0.05, 0.1) is 0 Å². The van der Waals surface area contributed by atoms with E-state index in [1.54, 1.807) is 23.9 Å². The van der Waals surface area contributed by atoms with Crippen LogP contribution in [0.4, 0.5) is 0 Å². The Morgan fingerprint density at radius 1 is 1.31 bits per heavy atom. The number of thioether (sulfide) groups is 1. The molecule has 1 aliphatic rings. The van der Waals surface area contributed by atoms with Crippen LogP contribution in [0.1, 0.15) is 15.9 Å². The van der Waals surface area contributed by atoms with E-state index in [-0.39, 0.29) is 0 Å². The molecule has 1 aliphatic heterocycles. The van der Waals surface area contributed by atoms with Crippen molar-refractivity contribution in [3.8, 4) is 0 Å². The van der Waals surface area contributed by atoms with Crippen molar-refractivity contribution in [2.75, 3.05) is 11.5 Å². The highest BCUT2D eigenvalue weighted by Gasteiger charge is 2.36. The van der Waals surface area contributed by atoms with Gasteiger partial charge in [0.1, 0.15) is 11.9 Å². The normalized spacial score (nSPS) is 19.2. The van der Waals surface area contributed by atoms with Crippen LogP contribution in [-0.4, -0.2) is 22.9 Å². The summed E-state index contributed by atoms with van der Waals surface area (Å²) in [5.41, 5.74) is 0.919. The van der Waals surface area contributed by atoms with Crippen LogP contribution in [-0.2, 0) is 5.60 Å². The number of carbonyl (C=O) groups excluding carboxylic acids is 1. The molecule has 1 fully saturated rings. The lowest BCUT2D eigenvalue weighted by atomic mass is 9.96. The highest BCUT2D eigenvalue weighted by Crippen LogP contribution is 2.38. The molecule has 2 rings (SSSR count). The minimum atomic E-state index is -0.647. The number of aldehydes is 1. The lowest BCUT2D eigenvalue weighted by molar-refractivity contribution is 0.0768. The predicted molar refractivity (Wildman–Crippen MR) is 53.1 cm³/mol. The summed E-state index contributed by atoms with van der Waals surface area (Å²) >= 11 is 1.73. The molecule has 0 aliphatic carbocycles. The van der Waals surface area contributed by atoms with Crippen molar-refractivity contribution < 1.29 is 9.90 Å². The first-order valence-electron chi connectivity index (χ1n) is 4.10. The molecule has 1 saturated heterocycles. The highest BCUT2D eigenvalue weighted by atomic mass is 32.2. The second-order valence-corrected chi connectivity index (χ2v) is 4.25. The van der Waals surface area contributed by atoms with Crippen LogP contribution in [0.2, 0.25) is 0 Å². The Kier molecular flexibility index (Phi) is 2.14. The van der Waals surface area contributed by atoms with Gasteiger partial charge in [0, 0.05) is 17.1 Å². The van der Waals surface area contributed by atoms with Gasteiger partial charge in [0.15, 0.2) is 0 Å². The molecule has 0 spiro atoms. The lowest BCUT2D eigenvalue weighted by Crippen LogP contribution is -2.39. The van der Waals surface area contributed by atoms with E-state index in [0.717, 1.165) is 23.4 Å². The highest BCUT2D eigenvalue weighted by molar-refractivity contribution is 8.00. The van der Waals surface area contributed by atoms with Crippen LogP contribution in [0.3, 0.4) is 0 Å². The van der Waals surface area contributed by atoms with Gasteiger partial charge < -0.3 is 5.11 Å². The zero-order valence-electron chi connectivity index (χ0n) is 7.06. The number of hydrogen-bond acceptors (Lipinski definition) is 3. The van der Waals surface area contributed by atoms with Gasteiger partial charge in [-0.3, -0.25) is 4.79 Å². The van der Waals surface area contributed by atoms with Crippen LogP contribution in [0.25, 0.3) is 0 Å². The Labute approximate surface area is 81.0 Å². The van der Waals surface area contributed by atoms with Crippen molar-refractivity contribution >= 4 is 18.0 Å². The second-order valence-electron chi connectivity index (χ2n) is 3.26. The largest absolute Gasteiger partial charge is 0.383 e. The molecule has 1 N–H and O–H groups in total. The maximum absolute atomic E-state index is 10.4. The quantitative estimate of drug-likeness (QED) is 0.724. The monoisotopic (exact) mass is 194 g/mol. The first-order valence-corrected chi connectivity index (χ1v) is 5.26. The van der Waals surface area contributed by atoms with Crippen molar-refractivity contribution in [3.05, 3.63) is 35.4 Å². The van der Waals surface area contributed by atoms with Crippen LogP contribution in [0, 0.1) is 0 Å². The lowest BCUT2D eigenvalue weighted by Gasteiger charge is -2.36. The Bertz CT molecular complexity index is 314. The second kappa shape index (κ2) is 3.16. The zero-order chi connectivity index (χ0) is 9.31. The smallest absolute Gasteiger partial charge is 0.150 e. The summed E-state index contributed by atoms with van der Waals surface area (Å²) in [5, 5.41) is 9.94. The average Bonchev–Trinajstić information content (AvgIpc) is 2.14. The number of hydrogen-bond donors (Lipinski definition) is 1. The van der Waals surface area contributed by atoms with Gasteiger partial charge >= 0.3 is 0 Å². The number of aliphatic hydroxyl groups is 1. The van der Waals surface area contributed by atoms with Crippen LogP contribution in [0.15, 0.2) is 24.3 Å². The molecule has 1 heterocycles. The third-order valence-electron chi connectivity index (χ3n) is 2.27. The topological polar surface area (TPSA) is 37.3 Å². The first kappa shape index (κ1) is 8.78. The standard InChI is InChI=1S/C10H10O2S/c11-5-8-1-3-9(4-2-8)10(12)6-13-7-10/h1-5,12H,6-7H2. The maximum Gasteiger partial charge on any atom is 0.150 e. The van der Waals surface area contributed by atoms with Crippen molar-refractivity contribution in [2.24, 2.45) is 0 Å². The van der Waals surface area contributed by atoms with E-state index in [0.29, 0.717) is 5.56 Å². The van der Waals surface area contributed by atoms with Crippen molar-refractivity contribution in [3.63, 3.8) is 0 Å². The van der Waals surface area contributed by atoms with E-state index in [1.807, 2.05) is 12.1 Å². The molecule has 68 valence electrons. The number of rotatable bonds is 2. The van der Waals surface area contributed by atoms with Gasteiger partial charge in [-0.05, 0) is 5.56 Å². The van der Waals surface area contributed by atoms with Crippen LogP contribution < -0.4 is 0 Å². The number of carbonyl (C=O) groups is 1. The Hall–Kier alpha value is -0.800. The Morgan fingerprint density at radius 3 is 2.31 bits per heavy atom. The third kappa shape index (κ3) is 1.49. The van der Waals surface area contributed by atoms with Gasteiger partial charge in [-0.25, -0.2) is 0 Å². The predicted octanol–water partition coefficient (Wildman–Crippen LogP) is 1.43. The summed E-state index contributed by atoms with van der Waals surface area (Å²) < 4.78 is 0. The zero-order valence-corrected chi connectivity index (χ0v) is 7.88. The third-order valence-corrected chi connectivity index (χ3v) is 3.63. The van der Waals surface area contributed by atoms with Crippen molar-refractivity contribution in [1.82, 2.24) is 0 Å². The van der Waals surface area contributed by atoms with Gasteiger partial charge in [0.25, 0.3) is 0 Å². The van der Waals surface area contributed by atoms with E-state index in [1.165, 1.54) is 0 Å². The number of benzene rings is 1. The molecule has 1 aromatic rings. The summed E-state index contributed by atoms with van der Waals surface area (Å²) in [6, 6.07) is 7.12. The van der Waals surface area contributed by atoms with Crippen molar-refractivity contribution in [1.29, 1.82) is 0 Å². The maximum atomic E-state index is 10.4. The molecule has 0 saturated carbocycles. The molecule has 0 bridgehead atoms. The molecule has 0 amide bonds. The molecular formula is C10H10O2S. The van der Waals surface area contributed by atoms with Gasteiger partial charge in [0.2, 0.25) is 0 Å². The molecule has 3 heteroatoms. The molecule has 0 aromatic heterocycles. The van der Waals surface area contributed by atoms with Gasteiger partial charge in [-0.2, -0.15) is 11.8 Å². The summed E-state index contributed by atoms with van der Waals surface area (Å²) in [7, 11) is 0. The fourth-order valence-electron chi connectivity index (χ4n) is 1.33. The first-order chi connectivity index (χ1) is 6.24. The summed E-state index contributed by atoms with van der Waals surface area (Å²) in [4.78, 5) is 10.4. The van der Waals surface area contributed by atoms with E-state index < -0.39 is 5.60 Å². The Morgan fingerprint density at radius 2 is 1.92 bits per heavy atom. The molecule has 13 heavy (non-hydrogen) atoms. The summed E-state index contributed by atoms with van der Waals surface area (Å²) in [5.74, 6) is 1.51. The molecule has 2 nitrogen and oxygen atoms in total. The Balaban J connectivity index is 2.27. The van der Waals surface area contributed by atoms with Crippen LogP contribution >= 0.6 is 11.8 Å². The van der Waals surface area contributed by atoms with Crippen LogP contribution in [0.5, 0.6) is 0 Å². The van der Waals surface area contributed by atoms with E-state index >= 15 is 0 Å². The summed E-state index contributed by atoms with van der Waals surface area (Å²) in [6.45, 7) is 0. The average molecular weight is 194 g/mol. The molecule has 0 atom stereocenters. The SMILES string of the molecule is O=Cc1ccc(C2(O)CSC2)cc1. The molecule has 0 radical (unpaired) electrons. The van der Waals surface area contributed by atoms with E-state index in [4.69, 9.17) is 0 Å². The molecule has 1 aromatic carbocycles.